The molecule has 1 aromatic carbocycles. The number of benzene rings is 1. The van der Waals surface area contributed by atoms with Gasteiger partial charge in [-0.25, -0.2) is 14.5 Å². The number of carbonyl (C=O) groups is 1. The van der Waals surface area contributed by atoms with E-state index >= 15 is 0 Å². The second-order valence-corrected chi connectivity index (χ2v) is 13.1. The van der Waals surface area contributed by atoms with Crippen LogP contribution in [0.1, 0.15) is 57.2 Å². The predicted molar refractivity (Wildman–Crippen MR) is 157 cm³/mol. The Hall–Kier alpha value is -3.68. The van der Waals surface area contributed by atoms with Crippen molar-refractivity contribution in [3.8, 4) is 28.1 Å². The number of hydrogen-bond donors (Lipinski definition) is 1. The van der Waals surface area contributed by atoms with Crippen molar-refractivity contribution in [1.29, 1.82) is 0 Å². The van der Waals surface area contributed by atoms with Crippen LogP contribution >= 0.6 is 22.7 Å². The number of methoxy groups -OCH3 is 2. The van der Waals surface area contributed by atoms with Crippen molar-refractivity contribution in [2.75, 3.05) is 14.2 Å². The van der Waals surface area contributed by atoms with E-state index in [2.05, 4.69) is 10.1 Å². The third-order valence-corrected chi connectivity index (χ3v) is 9.11. The van der Waals surface area contributed by atoms with Crippen LogP contribution in [0.4, 0.5) is 0 Å². The summed E-state index contributed by atoms with van der Waals surface area (Å²) in [7, 11) is 3.16. The molecular weight excluding hydrogens is 580 g/mol. The molecule has 0 atom stereocenters. The molecule has 0 bridgehead atoms. The van der Waals surface area contributed by atoms with Crippen LogP contribution in [0.2, 0.25) is 0 Å². The highest BCUT2D eigenvalue weighted by Gasteiger charge is 2.40. The molecule has 4 heterocycles. The Morgan fingerprint density at radius 2 is 1.95 bits per heavy atom. The number of rotatable bonds is 8. The van der Waals surface area contributed by atoms with Crippen LogP contribution in [0.3, 0.4) is 0 Å². The standard InChI is InChI=1S/C29H32N4O7S2/c1-28(2,3)40-24(34)16-6-8-29(35,9-7-16)25-30-17(15-41-25)14-38-21-10-18(36-4)11-22-19(21)12-23(39-22)20-13-33-26(31-20)42-27(32-33)37-5/h10-13,15-16,35H,6-9,14H2,1-5H3. The summed E-state index contributed by atoms with van der Waals surface area (Å²) in [4.78, 5) is 22.5. The summed E-state index contributed by atoms with van der Waals surface area (Å²) in [6.45, 7) is 5.79. The number of thiazole rings is 1. The summed E-state index contributed by atoms with van der Waals surface area (Å²) in [6.07, 6.45) is 3.80. The van der Waals surface area contributed by atoms with E-state index < -0.39 is 11.2 Å². The monoisotopic (exact) mass is 612 g/mol. The van der Waals surface area contributed by atoms with Gasteiger partial charge in [-0.1, -0.05) is 0 Å². The maximum absolute atomic E-state index is 12.5. The van der Waals surface area contributed by atoms with Gasteiger partial charge >= 0.3 is 5.97 Å². The predicted octanol–water partition coefficient (Wildman–Crippen LogP) is 5.98. The lowest BCUT2D eigenvalue weighted by Crippen LogP contribution is -2.36. The van der Waals surface area contributed by atoms with E-state index in [0.717, 1.165) is 5.39 Å². The van der Waals surface area contributed by atoms with Crippen molar-refractivity contribution in [2.24, 2.45) is 5.92 Å². The molecule has 0 unspecified atom stereocenters. The van der Waals surface area contributed by atoms with Crippen LogP contribution in [0.15, 0.2) is 34.2 Å². The quantitative estimate of drug-likeness (QED) is 0.209. The second-order valence-electron chi connectivity index (χ2n) is 11.3. The number of nitrogens with zero attached hydrogens (tertiary/aromatic N) is 4. The Bertz CT molecular complexity index is 1710. The van der Waals surface area contributed by atoms with Gasteiger partial charge in [0.2, 0.25) is 4.96 Å². The molecular formula is C29H32N4O7S2. The molecule has 0 saturated heterocycles. The van der Waals surface area contributed by atoms with Gasteiger partial charge in [0, 0.05) is 17.5 Å². The van der Waals surface area contributed by atoms with Gasteiger partial charge in [-0.2, -0.15) is 0 Å². The zero-order valence-electron chi connectivity index (χ0n) is 24.0. The SMILES string of the molecule is COc1cc(OCc2csc(C3(O)CCC(C(=O)OC(C)(C)C)CC3)n2)c2cc(-c3cn4nc(OC)sc4n3)oc2c1. The van der Waals surface area contributed by atoms with E-state index in [1.54, 1.807) is 37.1 Å². The highest BCUT2D eigenvalue weighted by atomic mass is 32.1. The maximum Gasteiger partial charge on any atom is 0.309 e. The highest BCUT2D eigenvalue weighted by molar-refractivity contribution is 7.18. The molecule has 0 aliphatic heterocycles. The molecule has 0 radical (unpaired) electrons. The number of fused-ring (bicyclic) bond motifs is 2. The van der Waals surface area contributed by atoms with Crippen LogP contribution in [0.5, 0.6) is 16.7 Å². The molecule has 11 nitrogen and oxygen atoms in total. The molecule has 5 aromatic rings. The van der Waals surface area contributed by atoms with Gasteiger partial charge in [-0.05, 0) is 63.9 Å². The first-order valence-electron chi connectivity index (χ1n) is 13.6. The first-order valence-corrected chi connectivity index (χ1v) is 15.3. The van der Waals surface area contributed by atoms with E-state index in [1.165, 1.54) is 22.7 Å². The van der Waals surface area contributed by atoms with Crippen molar-refractivity contribution < 1.29 is 33.3 Å². The van der Waals surface area contributed by atoms with Gasteiger partial charge in [-0.3, -0.25) is 4.79 Å². The average molecular weight is 613 g/mol. The number of ether oxygens (including phenoxy) is 4. The minimum absolute atomic E-state index is 0.194. The molecule has 42 heavy (non-hydrogen) atoms. The fourth-order valence-electron chi connectivity index (χ4n) is 5.00. The third-order valence-electron chi connectivity index (χ3n) is 7.14. The van der Waals surface area contributed by atoms with Crippen molar-refractivity contribution in [3.05, 3.63) is 40.5 Å². The van der Waals surface area contributed by atoms with E-state index in [0.29, 0.717) is 75.1 Å². The smallest absolute Gasteiger partial charge is 0.309 e. The largest absolute Gasteiger partial charge is 0.496 e. The third kappa shape index (κ3) is 5.68. The number of furan rings is 1. The maximum atomic E-state index is 12.5. The summed E-state index contributed by atoms with van der Waals surface area (Å²) >= 11 is 2.74. The Labute approximate surface area is 250 Å². The molecule has 1 saturated carbocycles. The summed E-state index contributed by atoms with van der Waals surface area (Å²) in [6, 6.07) is 5.49. The van der Waals surface area contributed by atoms with Crippen molar-refractivity contribution in [2.45, 2.75) is 64.3 Å². The molecule has 1 fully saturated rings. The zero-order valence-corrected chi connectivity index (χ0v) is 25.6. The molecule has 222 valence electrons. The fourth-order valence-corrected chi connectivity index (χ4v) is 6.66. The number of esters is 1. The number of hydrogen-bond acceptors (Lipinski definition) is 12. The van der Waals surface area contributed by atoms with Gasteiger partial charge in [0.15, 0.2) is 5.76 Å². The summed E-state index contributed by atoms with van der Waals surface area (Å²) in [5, 5.41) is 19.5. The Kier molecular flexibility index (Phi) is 7.36. The molecule has 4 aromatic heterocycles. The summed E-state index contributed by atoms with van der Waals surface area (Å²) in [5.74, 6) is 1.33. The Balaban J connectivity index is 1.16. The van der Waals surface area contributed by atoms with Crippen LogP contribution in [0, 0.1) is 5.92 Å². The van der Waals surface area contributed by atoms with Gasteiger partial charge < -0.3 is 28.5 Å². The Morgan fingerprint density at radius 1 is 1.17 bits per heavy atom. The fraction of sp³-hybridized carbons (Fsp3) is 0.448. The average Bonchev–Trinajstić information content (AvgIpc) is 3.73. The van der Waals surface area contributed by atoms with Crippen LogP contribution in [-0.4, -0.2) is 50.5 Å². The molecule has 1 aliphatic rings. The minimum atomic E-state index is -1.07. The van der Waals surface area contributed by atoms with Crippen molar-refractivity contribution >= 4 is 44.6 Å². The van der Waals surface area contributed by atoms with Crippen LogP contribution in [0.25, 0.3) is 27.4 Å². The van der Waals surface area contributed by atoms with E-state index in [1.807, 2.05) is 32.2 Å². The number of aromatic nitrogens is 4. The molecule has 1 aliphatic carbocycles. The van der Waals surface area contributed by atoms with E-state index in [-0.39, 0.29) is 18.5 Å². The number of carbonyl (C=O) groups excluding carboxylic acids is 1. The van der Waals surface area contributed by atoms with E-state index in [9.17, 15) is 9.90 Å². The first kappa shape index (κ1) is 28.4. The molecule has 6 rings (SSSR count). The van der Waals surface area contributed by atoms with Gasteiger partial charge in [0.25, 0.3) is 5.19 Å². The summed E-state index contributed by atoms with van der Waals surface area (Å²) in [5.41, 5.74) is 0.338. The lowest BCUT2D eigenvalue weighted by Gasteiger charge is -2.34. The number of imidazole rings is 1. The van der Waals surface area contributed by atoms with Gasteiger partial charge in [-0.15, -0.1) is 16.4 Å². The topological polar surface area (TPSA) is 130 Å². The van der Waals surface area contributed by atoms with Gasteiger partial charge in [0.05, 0.1) is 37.4 Å². The van der Waals surface area contributed by atoms with E-state index in [4.69, 9.17) is 28.3 Å². The molecule has 1 N–H and O–H groups in total. The Morgan fingerprint density at radius 3 is 2.64 bits per heavy atom. The van der Waals surface area contributed by atoms with Crippen LogP contribution < -0.4 is 14.2 Å². The lowest BCUT2D eigenvalue weighted by atomic mass is 9.79. The minimum Gasteiger partial charge on any atom is -0.496 e. The first-order chi connectivity index (χ1) is 20.0. The summed E-state index contributed by atoms with van der Waals surface area (Å²) < 4.78 is 30.2. The zero-order chi connectivity index (χ0) is 29.6. The van der Waals surface area contributed by atoms with Crippen molar-refractivity contribution in [3.63, 3.8) is 0 Å². The normalized spacial score (nSPS) is 19.3. The van der Waals surface area contributed by atoms with Crippen molar-refractivity contribution in [1.82, 2.24) is 19.6 Å². The van der Waals surface area contributed by atoms with Gasteiger partial charge in [0.1, 0.15) is 45.6 Å². The molecule has 0 spiro atoms. The second kappa shape index (κ2) is 10.9. The van der Waals surface area contributed by atoms with Crippen LogP contribution in [-0.2, 0) is 21.7 Å². The number of aliphatic hydroxyl groups is 1. The molecule has 0 amide bonds. The lowest BCUT2D eigenvalue weighted by molar-refractivity contribution is -0.163. The molecule has 13 heteroatoms. The highest BCUT2D eigenvalue weighted by Crippen LogP contribution is 2.42.